The van der Waals surface area contributed by atoms with Crippen LogP contribution in [0.4, 0.5) is 0 Å². The standard InChI is InChI=1S/C29H26N6/c1-18-9-3-6-12-22(18)26(30)34-28(32-2)25-16-20-11-5-4-10-19(20)15-21(25)17-33-29-24-14-8-7-13-23(24)27(31)35-29/h3-5,7-11,13-16H,1-2,6,12,17,30H2,(H2,31,33,35)/b26-22+,34-28-. The lowest BCUT2D eigenvalue weighted by Gasteiger charge is -2.14. The number of nitrogens with zero attached hydrogens (tertiary/aromatic N) is 4. The van der Waals surface area contributed by atoms with Gasteiger partial charge in [0.05, 0.1) is 6.54 Å². The second-order valence-corrected chi connectivity index (χ2v) is 8.46. The van der Waals surface area contributed by atoms with E-state index in [4.69, 9.17) is 16.5 Å². The number of amidine groups is 3. The first-order valence-electron chi connectivity index (χ1n) is 11.5. The summed E-state index contributed by atoms with van der Waals surface area (Å²) in [6.45, 7) is 8.26. The molecule has 0 amide bonds. The first-order valence-corrected chi connectivity index (χ1v) is 11.5. The van der Waals surface area contributed by atoms with Gasteiger partial charge in [-0.3, -0.25) is 4.99 Å². The van der Waals surface area contributed by atoms with Gasteiger partial charge in [-0.15, -0.1) is 0 Å². The molecule has 35 heavy (non-hydrogen) atoms. The van der Waals surface area contributed by atoms with Gasteiger partial charge in [-0.1, -0.05) is 67.3 Å². The molecule has 172 valence electrons. The van der Waals surface area contributed by atoms with E-state index in [2.05, 4.69) is 58.6 Å². The molecular formula is C29H26N6. The zero-order chi connectivity index (χ0) is 24.4. The Morgan fingerprint density at radius 3 is 2.46 bits per heavy atom. The summed E-state index contributed by atoms with van der Waals surface area (Å²) in [7, 11) is 0. The van der Waals surface area contributed by atoms with Crippen molar-refractivity contribution in [1.82, 2.24) is 0 Å². The molecule has 0 radical (unpaired) electrons. The largest absolute Gasteiger partial charge is 0.383 e. The Balaban J connectivity index is 1.60. The summed E-state index contributed by atoms with van der Waals surface area (Å²) in [6, 6.07) is 20.2. The van der Waals surface area contributed by atoms with Crippen LogP contribution in [0.25, 0.3) is 10.8 Å². The third-order valence-corrected chi connectivity index (χ3v) is 6.23. The zero-order valence-electron chi connectivity index (χ0n) is 19.4. The highest BCUT2D eigenvalue weighted by Crippen LogP contribution is 2.27. The first-order chi connectivity index (χ1) is 17.0. The van der Waals surface area contributed by atoms with Crippen molar-refractivity contribution >= 4 is 35.0 Å². The Bertz CT molecular complexity index is 1520. The molecule has 6 nitrogen and oxygen atoms in total. The van der Waals surface area contributed by atoms with Crippen LogP contribution < -0.4 is 11.5 Å². The average molecular weight is 459 g/mol. The molecule has 6 heteroatoms. The summed E-state index contributed by atoms with van der Waals surface area (Å²) in [4.78, 5) is 18.2. The normalized spacial score (nSPS) is 18.1. The molecule has 0 saturated heterocycles. The fourth-order valence-corrected chi connectivity index (χ4v) is 4.41. The summed E-state index contributed by atoms with van der Waals surface area (Å²) >= 11 is 0. The summed E-state index contributed by atoms with van der Waals surface area (Å²) in [6.07, 6.45) is 5.77. The van der Waals surface area contributed by atoms with Crippen molar-refractivity contribution in [2.75, 3.05) is 0 Å². The van der Waals surface area contributed by atoms with Gasteiger partial charge in [-0.05, 0) is 53.6 Å². The molecule has 1 aliphatic carbocycles. The van der Waals surface area contributed by atoms with Crippen LogP contribution in [0.3, 0.4) is 0 Å². The van der Waals surface area contributed by atoms with E-state index < -0.39 is 0 Å². The second-order valence-electron chi connectivity index (χ2n) is 8.46. The van der Waals surface area contributed by atoms with Crippen LogP contribution in [0.15, 0.2) is 116 Å². The van der Waals surface area contributed by atoms with E-state index in [-0.39, 0.29) is 0 Å². The predicted molar refractivity (Wildman–Crippen MR) is 146 cm³/mol. The highest BCUT2D eigenvalue weighted by Gasteiger charge is 2.19. The van der Waals surface area contributed by atoms with Crippen LogP contribution in [0.5, 0.6) is 0 Å². The Hall–Kier alpha value is -4.58. The lowest BCUT2D eigenvalue weighted by Crippen LogP contribution is -2.09. The summed E-state index contributed by atoms with van der Waals surface area (Å²) in [5.41, 5.74) is 17.9. The molecule has 5 rings (SSSR count). The summed E-state index contributed by atoms with van der Waals surface area (Å²) in [5.74, 6) is 1.96. The molecule has 0 fully saturated rings. The third kappa shape index (κ3) is 4.34. The lowest BCUT2D eigenvalue weighted by atomic mass is 9.96. The predicted octanol–water partition coefficient (Wildman–Crippen LogP) is 5.03. The fourth-order valence-electron chi connectivity index (χ4n) is 4.41. The minimum Gasteiger partial charge on any atom is -0.383 e. The number of allylic oxidation sites excluding steroid dienone is 4. The number of aliphatic imine (C=N–C) groups is 4. The summed E-state index contributed by atoms with van der Waals surface area (Å²) in [5, 5.41) is 2.17. The maximum absolute atomic E-state index is 6.41. The fraction of sp³-hybridized carbons (Fsp3) is 0.103. The van der Waals surface area contributed by atoms with Crippen molar-refractivity contribution in [2.24, 2.45) is 31.4 Å². The number of nitrogens with two attached hydrogens (primary N) is 2. The van der Waals surface area contributed by atoms with Gasteiger partial charge in [0, 0.05) is 22.3 Å². The topological polar surface area (TPSA) is 101 Å². The average Bonchev–Trinajstić information content (AvgIpc) is 3.21. The smallest absolute Gasteiger partial charge is 0.161 e. The van der Waals surface area contributed by atoms with Gasteiger partial charge < -0.3 is 11.5 Å². The molecular weight excluding hydrogens is 432 g/mol. The minimum atomic E-state index is 0.376. The maximum atomic E-state index is 6.41. The molecule has 3 aromatic carbocycles. The lowest BCUT2D eigenvalue weighted by molar-refractivity contribution is 0.936. The quantitative estimate of drug-likeness (QED) is 0.423. The third-order valence-electron chi connectivity index (χ3n) is 6.23. The Morgan fingerprint density at radius 1 is 1.00 bits per heavy atom. The van der Waals surface area contributed by atoms with Gasteiger partial charge in [-0.25, -0.2) is 15.0 Å². The number of hydrogen-bond acceptors (Lipinski definition) is 4. The van der Waals surface area contributed by atoms with Crippen LogP contribution in [0.1, 0.15) is 35.1 Å². The molecule has 4 N–H and O–H groups in total. The number of rotatable bonds is 4. The van der Waals surface area contributed by atoms with Crippen molar-refractivity contribution in [2.45, 2.75) is 19.4 Å². The van der Waals surface area contributed by atoms with Crippen molar-refractivity contribution in [3.8, 4) is 0 Å². The summed E-state index contributed by atoms with van der Waals surface area (Å²) < 4.78 is 0. The second kappa shape index (κ2) is 9.35. The molecule has 1 heterocycles. The van der Waals surface area contributed by atoms with E-state index in [1.165, 1.54) is 0 Å². The van der Waals surface area contributed by atoms with Gasteiger partial charge in [0.25, 0.3) is 0 Å². The maximum Gasteiger partial charge on any atom is 0.161 e. The van der Waals surface area contributed by atoms with Crippen molar-refractivity contribution < 1.29 is 0 Å². The van der Waals surface area contributed by atoms with E-state index in [1.54, 1.807) is 0 Å². The molecule has 3 aromatic rings. The van der Waals surface area contributed by atoms with E-state index in [1.807, 2.05) is 42.5 Å². The van der Waals surface area contributed by atoms with Gasteiger partial charge in [0.1, 0.15) is 11.7 Å². The highest BCUT2D eigenvalue weighted by atomic mass is 15.0. The first kappa shape index (κ1) is 22.2. The monoisotopic (exact) mass is 458 g/mol. The molecule has 1 aliphatic heterocycles. The SMILES string of the molecule is C=N/C(=N\C(N)=C1/CCC=CC1=C)c1cc2ccccc2cc1CN=C1N=C(N)c2ccccc21. The molecule has 0 bridgehead atoms. The van der Waals surface area contributed by atoms with Crippen LogP contribution >= 0.6 is 0 Å². The number of benzene rings is 3. The molecule has 0 aromatic heterocycles. The van der Waals surface area contributed by atoms with E-state index in [0.29, 0.717) is 29.9 Å². The van der Waals surface area contributed by atoms with Crippen LogP contribution in [-0.4, -0.2) is 24.2 Å². The van der Waals surface area contributed by atoms with Crippen LogP contribution in [-0.2, 0) is 6.54 Å². The molecule has 0 spiro atoms. The molecule has 0 atom stereocenters. The molecule has 0 saturated carbocycles. The molecule has 0 unspecified atom stereocenters. The van der Waals surface area contributed by atoms with Gasteiger partial charge in [-0.2, -0.15) is 0 Å². The van der Waals surface area contributed by atoms with E-state index in [0.717, 1.165) is 57.0 Å². The Kier molecular flexibility index (Phi) is 5.94. The highest BCUT2D eigenvalue weighted by molar-refractivity contribution is 6.21. The zero-order valence-corrected chi connectivity index (χ0v) is 19.4. The van der Waals surface area contributed by atoms with Crippen molar-refractivity contribution in [3.05, 3.63) is 119 Å². The number of hydrogen-bond donors (Lipinski definition) is 2. The Morgan fingerprint density at radius 2 is 1.71 bits per heavy atom. The minimum absolute atomic E-state index is 0.376. The number of fused-ring (bicyclic) bond motifs is 2. The van der Waals surface area contributed by atoms with Gasteiger partial charge in [0.15, 0.2) is 11.7 Å². The van der Waals surface area contributed by atoms with Crippen LogP contribution in [0.2, 0.25) is 0 Å². The van der Waals surface area contributed by atoms with Crippen molar-refractivity contribution in [1.29, 1.82) is 0 Å². The van der Waals surface area contributed by atoms with Crippen molar-refractivity contribution in [3.63, 3.8) is 0 Å². The molecule has 2 aliphatic rings. The Labute approximate surface area is 204 Å². The van der Waals surface area contributed by atoms with E-state index >= 15 is 0 Å². The van der Waals surface area contributed by atoms with Gasteiger partial charge in [0.2, 0.25) is 0 Å². The van der Waals surface area contributed by atoms with Gasteiger partial charge >= 0.3 is 0 Å². The van der Waals surface area contributed by atoms with Crippen LogP contribution in [0, 0.1) is 0 Å². The van der Waals surface area contributed by atoms with E-state index in [9.17, 15) is 0 Å².